The van der Waals surface area contributed by atoms with Gasteiger partial charge in [-0.1, -0.05) is 48.5 Å². The molecule has 172 valence electrons. The standard InChI is InChI=1S/C26H26O7/c1-29-23-21(22(28)24(30-2)26(32-4)25(23)31-3)20(27)15-12-17-10-13-19(14-11-17)33-16-18-8-6-5-7-9-18/h5-15,28H,16H2,1-4H3/b15-12-. The molecule has 0 atom stereocenters. The van der Waals surface area contributed by atoms with E-state index < -0.39 is 11.5 Å². The third kappa shape index (κ3) is 5.20. The average molecular weight is 450 g/mol. The molecule has 0 bridgehead atoms. The van der Waals surface area contributed by atoms with Gasteiger partial charge in [0.15, 0.2) is 17.3 Å². The van der Waals surface area contributed by atoms with E-state index in [0.29, 0.717) is 12.4 Å². The number of phenols is 1. The van der Waals surface area contributed by atoms with Gasteiger partial charge in [-0.2, -0.15) is 0 Å². The number of hydrogen-bond acceptors (Lipinski definition) is 7. The van der Waals surface area contributed by atoms with E-state index in [9.17, 15) is 9.90 Å². The van der Waals surface area contributed by atoms with Crippen molar-refractivity contribution < 1.29 is 33.6 Å². The van der Waals surface area contributed by atoms with Crippen molar-refractivity contribution in [2.45, 2.75) is 6.61 Å². The maximum Gasteiger partial charge on any atom is 0.211 e. The van der Waals surface area contributed by atoms with Crippen molar-refractivity contribution in [1.82, 2.24) is 0 Å². The maximum atomic E-state index is 13.0. The molecule has 0 amide bonds. The minimum Gasteiger partial charge on any atom is -0.504 e. The number of hydrogen-bond donors (Lipinski definition) is 1. The van der Waals surface area contributed by atoms with Gasteiger partial charge in [0.05, 0.1) is 28.4 Å². The van der Waals surface area contributed by atoms with Gasteiger partial charge in [-0.25, -0.2) is 0 Å². The Balaban J connectivity index is 1.81. The zero-order valence-corrected chi connectivity index (χ0v) is 19.0. The molecule has 3 aromatic rings. The van der Waals surface area contributed by atoms with Crippen LogP contribution in [0, 0.1) is 0 Å². The van der Waals surface area contributed by atoms with E-state index in [2.05, 4.69) is 0 Å². The SMILES string of the molecule is COc1c(O)c(C(=O)/C=C\c2ccc(OCc3ccccc3)cc2)c(OC)c(OC)c1OC. The predicted molar refractivity (Wildman–Crippen MR) is 125 cm³/mol. The van der Waals surface area contributed by atoms with Crippen LogP contribution >= 0.6 is 0 Å². The van der Waals surface area contributed by atoms with Gasteiger partial charge in [0.1, 0.15) is 17.9 Å². The highest BCUT2D eigenvalue weighted by Gasteiger charge is 2.30. The van der Waals surface area contributed by atoms with Crippen molar-refractivity contribution >= 4 is 11.9 Å². The fourth-order valence-corrected chi connectivity index (χ4v) is 3.30. The van der Waals surface area contributed by atoms with Gasteiger partial charge in [-0.3, -0.25) is 4.79 Å². The van der Waals surface area contributed by atoms with Crippen LogP contribution in [0.5, 0.6) is 34.5 Å². The van der Waals surface area contributed by atoms with Crippen LogP contribution in [-0.4, -0.2) is 39.3 Å². The highest BCUT2D eigenvalue weighted by Crippen LogP contribution is 2.53. The Bertz CT molecular complexity index is 1120. The van der Waals surface area contributed by atoms with Gasteiger partial charge < -0.3 is 28.8 Å². The monoisotopic (exact) mass is 450 g/mol. The third-order valence-corrected chi connectivity index (χ3v) is 4.92. The molecule has 0 heterocycles. The van der Waals surface area contributed by atoms with E-state index in [4.69, 9.17) is 23.7 Å². The van der Waals surface area contributed by atoms with E-state index in [-0.39, 0.29) is 28.6 Å². The number of aromatic hydroxyl groups is 1. The number of phenolic OH excluding ortho intramolecular Hbond substituents is 1. The zero-order chi connectivity index (χ0) is 23.8. The second-order valence-corrected chi connectivity index (χ2v) is 6.90. The Morgan fingerprint density at radius 3 is 1.94 bits per heavy atom. The Kier molecular flexibility index (Phi) is 7.81. The van der Waals surface area contributed by atoms with Gasteiger partial charge >= 0.3 is 0 Å². The molecule has 1 N–H and O–H groups in total. The lowest BCUT2D eigenvalue weighted by Crippen LogP contribution is -2.05. The molecule has 0 aliphatic rings. The largest absolute Gasteiger partial charge is 0.504 e. The number of allylic oxidation sites excluding steroid dienone is 1. The van der Waals surface area contributed by atoms with Crippen molar-refractivity contribution in [3.8, 4) is 34.5 Å². The molecule has 3 aromatic carbocycles. The van der Waals surface area contributed by atoms with E-state index in [1.165, 1.54) is 34.5 Å². The summed E-state index contributed by atoms with van der Waals surface area (Å²) in [6.07, 6.45) is 2.97. The molecule has 0 aliphatic carbocycles. The number of rotatable bonds is 10. The molecular formula is C26H26O7. The molecule has 0 radical (unpaired) electrons. The van der Waals surface area contributed by atoms with Crippen LogP contribution < -0.4 is 23.7 Å². The van der Waals surface area contributed by atoms with Gasteiger partial charge in [0.25, 0.3) is 0 Å². The normalized spacial score (nSPS) is 10.7. The van der Waals surface area contributed by atoms with Crippen molar-refractivity contribution in [3.05, 3.63) is 77.4 Å². The van der Waals surface area contributed by atoms with Gasteiger partial charge in [-0.05, 0) is 29.3 Å². The van der Waals surface area contributed by atoms with E-state index in [0.717, 1.165) is 11.1 Å². The first kappa shape index (κ1) is 23.5. The van der Waals surface area contributed by atoms with Crippen LogP contribution in [0.4, 0.5) is 0 Å². The molecule has 3 rings (SSSR count). The van der Waals surface area contributed by atoms with Crippen molar-refractivity contribution in [2.24, 2.45) is 0 Å². The minimum absolute atomic E-state index is 0.0215. The lowest BCUT2D eigenvalue weighted by atomic mass is 10.0. The molecule has 33 heavy (non-hydrogen) atoms. The van der Waals surface area contributed by atoms with Crippen LogP contribution in [0.1, 0.15) is 21.5 Å². The average Bonchev–Trinajstić information content (AvgIpc) is 2.86. The summed E-state index contributed by atoms with van der Waals surface area (Å²) in [7, 11) is 5.53. The van der Waals surface area contributed by atoms with Crippen LogP contribution in [0.25, 0.3) is 6.08 Å². The number of ketones is 1. The maximum absolute atomic E-state index is 13.0. The lowest BCUT2D eigenvalue weighted by molar-refractivity contribution is 0.104. The second-order valence-electron chi connectivity index (χ2n) is 6.90. The first-order valence-corrected chi connectivity index (χ1v) is 10.1. The van der Waals surface area contributed by atoms with Crippen LogP contribution in [0.3, 0.4) is 0 Å². The fraction of sp³-hybridized carbons (Fsp3) is 0.192. The molecule has 0 aliphatic heterocycles. The second kappa shape index (κ2) is 10.9. The minimum atomic E-state index is -0.493. The Hall–Kier alpha value is -4.13. The summed E-state index contributed by atoms with van der Waals surface area (Å²) in [6, 6.07) is 17.2. The van der Waals surface area contributed by atoms with Crippen molar-refractivity contribution in [2.75, 3.05) is 28.4 Å². The first-order valence-electron chi connectivity index (χ1n) is 10.1. The molecule has 0 fully saturated rings. The van der Waals surface area contributed by atoms with Crippen LogP contribution in [-0.2, 0) is 6.61 Å². The topological polar surface area (TPSA) is 83.5 Å². The van der Waals surface area contributed by atoms with E-state index in [1.807, 2.05) is 54.6 Å². The van der Waals surface area contributed by atoms with Gasteiger partial charge in [-0.15, -0.1) is 0 Å². The molecular weight excluding hydrogens is 424 g/mol. The molecule has 7 heteroatoms. The number of carbonyl (C=O) groups excluding carboxylic acids is 1. The number of carbonyl (C=O) groups is 1. The van der Waals surface area contributed by atoms with Gasteiger partial charge in [0.2, 0.25) is 17.2 Å². The smallest absolute Gasteiger partial charge is 0.211 e. The molecule has 0 saturated carbocycles. The van der Waals surface area contributed by atoms with Crippen LogP contribution in [0.2, 0.25) is 0 Å². The van der Waals surface area contributed by atoms with Crippen molar-refractivity contribution in [1.29, 1.82) is 0 Å². The highest BCUT2D eigenvalue weighted by molar-refractivity contribution is 6.12. The lowest BCUT2D eigenvalue weighted by Gasteiger charge is -2.19. The molecule has 0 spiro atoms. The van der Waals surface area contributed by atoms with Crippen LogP contribution in [0.15, 0.2) is 60.7 Å². The number of ether oxygens (including phenoxy) is 5. The summed E-state index contributed by atoms with van der Waals surface area (Å²) >= 11 is 0. The summed E-state index contributed by atoms with van der Waals surface area (Å²) in [5.41, 5.74) is 1.76. The van der Waals surface area contributed by atoms with Gasteiger partial charge in [0, 0.05) is 0 Å². The Morgan fingerprint density at radius 1 is 0.788 bits per heavy atom. The van der Waals surface area contributed by atoms with E-state index >= 15 is 0 Å². The zero-order valence-electron chi connectivity index (χ0n) is 19.0. The predicted octanol–water partition coefficient (Wildman–Crippen LogP) is 4.90. The summed E-state index contributed by atoms with van der Waals surface area (Å²) in [4.78, 5) is 13.0. The number of methoxy groups -OCH3 is 4. The molecule has 0 saturated heterocycles. The van der Waals surface area contributed by atoms with E-state index in [1.54, 1.807) is 6.08 Å². The first-order chi connectivity index (χ1) is 16.0. The summed E-state index contributed by atoms with van der Waals surface area (Å²) in [6.45, 7) is 0.467. The Labute approximate surface area is 192 Å². The van der Waals surface area contributed by atoms with Crippen molar-refractivity contribution in [3.63, 3.8) is 0 Å². The third-order valence-electron chi connectivity index (χ3n) is 4.92. The molecule has 0 aromatic heterocycles. The summed E-state index contributed by atoms with van der Waals surface area (Å²) < 4.78 is 27.0. The summed E-state index contributed by atoms with van der Waals surface area (Å²) in [5, 5.41) is 10.7. The molecule has 7 nitrogen and oxygen atoms in total. The fourth-order valence-electron chi connectivity index (χ4n) is 3.30. The Morgan fingerprint density at radius 2 is 1.36 bits per heavy atom. The quantitative estimate of drug-likeness (QED) is 0.347. The molecule has 0 unspecified atom stereocenters. The summed E-state index contributed by atoms with van der Waals surface area (Å²) in [5.74, 6) is 0.122. The highest BCUT2D eigenvalue weighted by atomic mass is 16.5. The number of benzene rings is 3.